The number of morpholine rings is 1. The summed E-state index contributed by atoms with van der Waals surface area (Å²) in [6.07, 6.45) is -2.62. The topological polar surface area (TPSA) is 126 Å². The number of hydrogen-bond acceptors (Lipinski definition) is 7. The summed E-state index contributed by atoms with van der Waals surface area (Å²) < 4.78 is 44.6. The van der Waals surface area contributed by atoms with Gasteiger partial charge in [-0.2, -0.15) is 13.2 Å². The minimum absolute atomic E-state index is 0.145. The number of ether oxygens (including phenoxy) is 1. The number of nitrogens with zero attached hydrogens (tertiary/aromatic N) is 4. The number of benzene rings is 2. The van der Waals surface area contributed by atoms with Gasteiger partial charge < -0.3 is 21.1 Å². The number of amides is 3. The fourth-order valence-electron chi connectivity index (χ4n) is 4.16. The summed E-state index contributed by atoms with van der Waals surface area (Å²) in [6, 6.07) is 10.0. The number of anilines is 4. The van der Waals surface area contributed by atoms with E-state index in [1.165, 1.54) is 29.4 Å². The molecule has 0 radical (unpaired) electrons. The minimum Gasteiger partial charge on any atom is -0.384 e. The van der Waals surface area contributed by atoms with E-state index in [-0.39, 0.29) is 11.4 Å². The molecular formula is C27H30F3N7O3. The number of hydrogen-bond donors (Lipinski definition) is 3. The van der Waals surface area contributed by atoms with Crippen molar-refractivity contribution in [1.82, 2.24) is 14.9 Å². The molecule has 13 heteroatoms. The van der Waals surface area contributed by atoms with Gasteiger partial charge in [-0.25, -0.2) is 14.8 Å². The first-order valence-electron chi connectivity index (χ1n) is 12.7. The zero-order valence-electron chi connectivity index (χ0n) is 21.9. The number of aromatic nitrogens is 2. The molecule has 212 valence electrons. The molecule has 2 aromatic carbocycles. The van der Waals surface area contributed by atoms with Crippen LogP contribution in [0.15, 0.2) is 54.9 Å². The molecule has 10 nitrogen and oxygen atoms in total. The van der Waals surface area contributed by atoms with E-state index in [2.05, 4.69) is 25.5 Å². The van der Waals surface area contributed by atoms with Crippen LogP contribution in [0.3, 0.4) is 0 Å². The molecule has 2 heterocycles. The summed E-state index contributed by atoms with van der Waals surface area (Å²) >= 11 is 0. The smallest absolute Gasteiger partial charge is 0.384 e. The molecule has 3 amide bonds. The van der Waals surface area contributed by atoms with E-state index in [9.17, 15) is 22.8 Å². The summed E-state index contributed by atoms with van der Waals surface area (Å²) in [6.45, 7) is 5.89. The molecule has 3 aromatic rings. The number of carbonyl (C=O) groups is 2. The highest BCUT2D eigenvalue weighted by molar-refractivity contribution is 6.05. The Morgan fingerprint density at radius 1 is 1.07 bits per heavy atom. The van der Waals surface area contributed by atoms with Gasteiger partial charge in [-0.1, -0.05) is 12.1 Å². The molecule has 0 unspecified atom stereocenters. The third-order valence-corrected chi connectivity index (χ3v) is 6.34. The highest BCUT2D eigenvalue weighted by atomic mass is 19.4. The monoisotopic (exact) mass is 557 g/mol. The lowest BCUT2D eigenvalue weighted by atomic mass is 10.1. The van der Waals surface area contributed by atoms with Gasteiger partial charge in [0.2, 0.25) is 0 Å². The molecule has 0 atom stereocenters. The Hall–Kier alpha value is -4.23. The maximum atomic E-state index is 13.4. The van der Waals surface area contributed by atoms with E-state index in [4.69, 9.17) is 10.5 Å². The van der Waals surface area contributed by atoms with E-state index in [1.807, 2.05) is 0 Å². The third kappa shape index (κ3) is 7.67. The Morgan fingerprint density at radius 3 is 2.58 bits per heavy atom. The molecule has 4 rings (SSSR count). The number of rotatable bonds is 8. The molecule has 1 aromatic heterocycles. The second kappa shape index (κ2) is 12.7. The van der Waals surface area contributed by atoms with Crippen molar-refractivity contribution < 1.29 is 27.5 Å². The lowest BCUT2D eigenvalue weighted by Crippen LogP contribution is -2.40. The molecule has 1 fully saturated rings. The van der Waals surface area contributed by atoms with Gasteiger partial charge in [-0.05, 0) is 49.2 Å². The Morgan fingerprint density at radius 2 is 1.85 bits per heavy atom. The highest BCUT2D eigenvalue weighted by Gasteiger charge is 2.31. The number of nitrogens with one attached hydrogen (secondary N) is 2. The number of alkyl halides is 3. The van der Waals surface area contributed by atoms with Crippen LogP contribution < -0.4 is 21.3 Å². The van der Waals surface area contributed by atoms with Gasteiger partial charge in [0.25, 0.3) is 5.91 Å². The van der Waals surface area contributed by atoms with Crippen molar-refractivity contribution >= 4 is 34.9 Å². The molecule has 0 spiro atoms. The number of nitrogens with two attached hydrogens (primary N) is 1. The Kier molecular flexibility index (Phi) is 9.17. The van der Waals surface area contributed by atoms with Crippen LogP contribution in [0.4, 0.5) is 41.0 Å². The van der Waals surface area contributed by atoms with Crippen LogP contribution >= 0.6 is 0 Å². The summed E-state index contributed by atoms with van der Waals surface area (Å²) in [5.41, 5.74) is 6.18. The maximum Gasteiger partial charge on any atom is 0.416 e. The van der Waals surface area contributed by atoms with Gasteiger partial charge in [0.05, 0.1) is 18.8 Å². The molecular weight excluding hydrogens is 527 g/mol. The van der Waals surface area contributed by atoms with Gasteiger partial charge in [-0.15, -0.1) is 0 Å². The summed E-state index contributed by atoms with van der Waals surface area (Å²) in [7, 11) is 0. The zero-order chi connectivity index (χ0) is 28.7. The van der Waals surface area contributed by atoms with Crippen molar-refractivity contribution in [3.05, 3.63) is 71.5 Å². The first-order valence-corrected chi connectivity index (χ1v) is 12.7. The van der Waals surface area contributed by atoms with Crippen molar-refractivity contribution in [2.24, 2.45) is 0 Å². The van der Waals surface area contributed by atoms with Gasteiger partial charge in [0.1, 0.15) is 18.0 Å². The van der Waals surface area contributed by atoms with Gasteiger partial charge in [-0.3, -0.25) is 14.6 Å². The van der Waals surface area contributed by atoms with Crippen molar-refractivity contribution in [3.8, 4) is 0 Å². The second-order valence-corrected chi connectivity index (χ2v) is 9.25. The van der Waals surface area contributed by atoms with Crippen molar-refractivity contribution in [1.29, 1.82) is 0 Å². The fraction of sp³-hybridized carbons (Fsp3) is 0.333. The van der Waals surface area contributed by atoms with Gasteiger partial charge >= 0.3 is 12.2 Å². The van der Waals surface area contributed by atoms with Crippen molar-refractivity contribution in [2.45, 2.75) is 19.5 Å². The summed E-state index contributed by atoms with van der Waals surface area (Å²) in [5.74, 6) is -0.168. The van der Waals surface area contributed by atoms with E-state index < -0.39 is 23.7 Å². The molecule has 1 saturated heterocycles. The van der Waals surface area contributed by atoms with Crippen molar-refractivity contribution in [2.75, 3.05) is 60.7 Å². The number of halogens is 3. The summed E-state index contributed by atoms with van der Waals surface area (Å²) in [5, 5.41) is 5.44. The highest BCUT2D eigenvalue weighted by Crippen LogP contribution is 2.30. The quantitative estimate of drug-likeness (QED) is 0.375. The standard InChI is InChI=1S/C27H30F3N7O3/c1-18-6-7-21(34-25(38)19-4-2-5-20(14-19)27(28,29)30)15-22(18)35-26(39)37(24-16-23(31)32-17-33-24)9-3-8-36-10-12-40-13-11-36/h2,4-7,14-17H,3,8-13H2,1H3,(H,34,38)(H,35,39)(H2,31,32,33). The Labute approximate surface area is 229 Å². The molecule has 1 aliphatic rings. The number of aryl methyl sites for hydroxylation is 1. The first-order chi connectivity index (χ1) is 19.1. The van der Waals surface area contributed by atoms with Crippen LogP contribution in [0.25, 0.3) is 0 Å². The molecule has 40 heavy (non-hydrogen) atoms. The average Bonchev–Trinajstić information content (AvgIpc) is 2.93. The normalized spacial score (nSPS) is 14.0. The zero-order valence-corrected chi connectivity index (χ0v) is 21.9. The molecule has 0 aliphatic carbocycles. The summed E-state index contributed by atoms with van der Waals surface area (Å²) in [4.78, 5) is 37.9. The largest absolute Gasteiger partial charge is 0.416 e. The van der Waals surface area contributed by atoms with Crippen LogP contribution in [-0.2, 0) is 10.9 Å². The van der Waals surface area contributed by atoms with Crippen LogP contribution in [0, 0.1) is 6.92 Å². The van der Waals surface area contributed by atoms with E-state index >= 15 is 0 Å². The maximum absolute atomic E-state index is 13.4. The van der Waals surface area contributed by atoms with Gasteiger partial charge in [0.15, 0.2) is 0 Å². The van der Waals surface area contributed by atoms with E-state index in [0.717, 1.165) is 31.8 Å². The number of carbonyl (C=O) groups excluding carboxylic acids is 2. The van der Waals surface area contributed by atoms with E-state index in [1.54, 1.807) is 25.1 Å². The lowest BCUT2D eigenvalue weighted by Gasteiger charge is -2.28. The number of urea groups is 1. The van der Waals surface area contributed by atoms with Crippen molar-refractivity contribution in [3.63, 3.8) is 0 Å². The van der Waals surface area contributed by atoms with Crippen LogP contribution in [0.5, 0.6) is 0 Å². The van der Waals surface area contributed by atoms with Crippen LogP contribution in [0.2, 0.25) is 0 Å². The van der Waals surface area contributed by atoms with Crippen LogP contribution in [-0.4, -0.2) is 66.2 Å². The Balaban J connectivity index is 1.47. The SMILES string of the molecule is Cc1ccc(NC(=O)c2cccc(C(F)(F)F)c2)cc1NC(=O)N(CCCN1CCOCC1)c1cc(N)ncn1. The predicted octanol–water partition coefficient (Wildman–Crippen LogP) is 4.40. The number of nitrogen functional groups attached to an aromatic ring is 1. The molecule has 1 aliphatic heterocycles. The second-order valence-electron chi connectivity index (χ2n) is 9.25. The fourth-order valence-corrected chi connectivity index (χ4v) is 4.16. The molecule has 0 saturated carbocycles. The molecule has 0 bridgehead atoms. The lowest BCUT2D eigenvalue weighted by molar-refractivity contribution is -0.137. The predicted molar refractivity (Wildman–Crippen MR) is 145 cm³/mol. The van der Waals surface area contributed by atoms with Crippen LogP contribution in [0.1, 0.15) is 27.9 Å². The van der Waals surface area contributed by atoms with Gasteiger partial charge in [0, 0.05) is 49.2 Å². The van der Waals surface area contributed by atoms with E-state index in [0.29, 0.717) is 48.9 Å². The minimum atomic E-state index is -4.57. The molecule has 4 N–H and O–H groups in total. The Bertz CT molecular complexity index is 1350. The first kappa shape index (κ1) is 28.8. The third-order valence-electron chi connectivity index (χ3n) is 6.34. The average molecular weight is 558 g/mol.